The predicted molar refractivity (Wildman–Crippen MR) is 75.1 cm³/mol. The summed E-state index contributed by atoms with van der Waals surface area (Å²) in [5.74, 6) is 3.26. The van der Waals surface area contributed by atoms with Crippen molar-refractivity contribution in [3.05, 3.63) is 0 Å². The van der Waals surface area contributed by atoms with Gasteiger partial charge >= 0.3 is 0 Å². The van der Waals surface area contributed by atoms with Gasteiger partial charge in [-0.3, -0.25) is 0 Å². The molecule has 0 spiro atoms. The van der Waals surface area contributed by atoms with E-state index in [0.717, 1.165) is 17.8 Å². The van der Waals surface area contributed by atoms with Crippen molar-refractivity contribution in [1.29, 1.82) is 0 Å². The third-order valence-corrected chi connectivity index (χ3v) is 5.47. The van der Waals surface area contributed by atoms with E-state index in [4.69, 9.17) is 0 Å². The van der Waals surface area contributed by atoms with Gasteiger partial charge in [-0.15, -0.1) is 0 Å². The molecule has 17 heavy (non-hydrogen) atoms. The lowest BCUT2D eigenvalue weighted by Gasteiger charge is -2.34. The molecule has 0 aliphatic heterocycles. The molecule has 0 aromatic heterocycles. The standard InChI is InChI=1S/C16H31N/c1-4-8-17-12-16(3,5-2)11-15-10-13-6-7-14(15)9-13/h13-15,17H,4-12H2,1-3H3. The van der Waals surface area contributed by atoms with Gasteiger partial charge in [-0.1, -0.05) is 27.2 Å². The number of fused-ring (bicyclic) bond motifs is 2. The van der Waals surface area contributed by atoms with Gasteiger partial charge in [0.2, 0.25) is 0 Å². The third kappa shape index (κ3) is 3.24. The van der Waals surface area contributed by atoms with Gasteiger partial charge in [0.15, 0.2) is 0 Å². The van der Waals surface area contributed by atoms with Crippen LogP contribution in [0.4, 0.5) is 0 Å². The number of nitrogens with one attached hydrogen (secondary N) is 1. The van der Waals surface area contributed by atoms with Crippen LogP contribution in [0.3, 0.4) is 0 Å². The fraction of sp³-hybridized carbons (Fsp3) is 1.00. The lowest BCUT2D eigenvalue weighted by molar-refractivity contribution is 0.179. The van der Waals surface area contributed by atoms with Crippen LogP contribution in [0.2, 0.25) is 0 Å². The van der Waals surface area contributed by atoms with Crippen molar-refractivity contribution in [1.82, 2.24) is 5.32 Å². The summed E-state index contributed by atoms with van der Waals surface area (Å²) in [5, 5.41) is 3.64. The molecule has 4 atom stereocenters. The maximum Gasteiger partial charge on any atom is 0.000516 e. The van der Waals surface area contributed by atoms with Gasteiger partial charge in [-0.2, -0.15) is 0 Å². The van der Waals surface area contributed by atoms with E-state index in [1.807, 2.05) is 0 Å². The Labute approximate surface area is 108 Å². The Morgan fingerprint density at radius 3 is 2.53 bits per heavy atom. The quantitative estimate of drug-likeness (QED) is 0.653. The van der Waals surface area contributed by atoms with Crippen molar-refractivity contribution in [2.45, 2.75) is 65.7 Å². The summed E-state index contributed by atoms with van der Waals surface area (Å²) in [6.07, 6.45) is 10.3. The van der Waals surface area contributed by atoms with Crippen LogP contribution in [0, 0.1) is 23.2 Å². The minimum atomic E-state index is 0.546. The fourth-order valence-electron chi connectivity index (χ4n) is 4.17. The minimum absolute atomic E-state index is 0.546. The van der Waals surface area contributed by atoms with Crippen molar-refractivity contribution >= 4 is 0 Å². The molecule has 2 aliphatic rings. The molecule has 100 valence electrons. The zero-order valence-electron chi connectivity index (χ0n) is 12.1. The Bertz CT molecular complexity index is 238. The highest BCUT2D eigenvalue weighted by Crippen LogP contribution is 2.52. The fourth-order valence-corrected chi connectivity index (χ4v) is 4.17. The molecule has 0 aromatic carbocycles. The molecular weight excluding hydrogens is 206 g/mol. The molecule has 1 N–H and O–H groups in total. The summed E-state index contributed by atoms with van der Waals surface area (Å²) in [5.41, 5.74) is 0.546. The van der Waals surface area contributed by atoms with Crippen LogP contribution in [-0.2, 0) is 0 Å². The summed E-state index contributed by atoms with van der Waals surface area (Å²) in [6, 6.07) is 0. The van der Waals surface area contributed by atoms with Gasteiger partial charge in [-0.05, 0) is 68.2 Å². The van der Waals surface area contributed by atoms with E-state index in [1.165, 1.54) is 45.2 Å². The molecule has 2 bridgehead atoms. The predicted octanol–water partition coefficient (Wildman–Crippen LogP) is 4.23. The van der Waals surface area contributed by atoms with Crippen LogP contribution >= 0.6 is 0 Å². The average Bonchev–Trinajstić information content (AvgIpc) is 2.91. The van der Waals surface area contributed by atoms with E-state index in [9.17, 15) is 0 Å². The van der Waals surface area contributed by atoms with Gasteiger partial charge in [0.05, 0.1) is 0 Å². The largest absolute Gasteiger partial charge is 0.316 e. The summed E-state index contributed by atoms with van der Waals surface area (Å²) in [6.45, 7) is 9.55. The smallest absolute Gasteiger partial charge is 0.000516 e. The van der Waals surface area contributed by atoms with E-state index in [-0.39, 0.29) is 0 Å². The van der Waals surface area contributed by atoms with E-state index < -0.39 is 0 Å². The van der Waals surface area contributed by atoms with Crippen LogP contribution in [0.25, 0.3) is 0 Å². The summed E-state index contributed by atoms with van der Waals surface area (Å²) < 4.78 is 0. The van der Waals surface area contributed by atoms with Crippen LogP contribution in [0.5, 0.6) is 0 Å². The van der Waals surface area contributed by atoms with Crippen LogP contribution in [0.15, 0.2) is 0 Å². The Morgan fingerprint density at radius 2 is 2.00 bits per heavy atom. The number of hydrogen-bond donors (Lipinski definition) is 1. The average molecular weight is 237 g/mol. The van der Waals surface area contributed by atoms with E-state index in [2.05, 4.69) is 26.1 Å². The normalized spacial score (nSPS) is 35.1. The lowest BCUT2D eigenvalue weighted by atomic mass is 9.73. The van der Waals surface area contributed by atoms with Gasteiger partial charge in [0.25, 0.3) is 0 Å². The molecule has 2 aliphatic carbocycles. The molecule has 4 unspecified atom stereocenters. The molecule has 0 radical (unpaired) electrons. The number of rotatable bonds is 7. The molecule has 1 heteroatoms. The van der Waals surface area contributed by atoms with Gasteiger partial charge in [0.1, 0.15) is 0 Å². The molecule has 0 aromatic rings. The van der Waals surface area contributed by atoms with Crippen molar-refractivity contribution < 1.29 is 0 Å². The van der Waals surface area contributed by atoms with Gasteiger partial charge < -0.3 is 5.32 Å². The Morgan fingerprint density at radius 1 is 1.18 bits per heavy atom. The maximum absolute atomic E-state index is 3.64. The molecule has 0 amide bonds. The highest BCUT2D eigenvalue weighted by Gasteiger charge is 2.41. The second kappa shape index (κ2) is 5.73. The molecular formula is C16H31N. The Hall–Kier alpha value is -0.0400. The maximum atomic E-state index is 3.64. The molecule has 0 heterocycles. The van der Waals surface area contributed by atoms with Crippen molar-refractivity contribution in [2.24, 2.45) is 23.2 Å². The van der Waals surface area contributed by atoms with Crippen molar-refractivity contribution in [3.63, 3.8) is 0 Å². The van der Waals surface area contributed by atoms with Crippen molar-refractivity contribution in [3.8, 4) is 0 Å². The van der Waals surface area contributed by atoms with E-state index in [0.29, 0.717) is 5.41 Å². The third-order valence-electron chi connectivity index (χ3n) is 5.47. The van der Waals surface area contributed by atoms with Crippen molar-refractivity contribution in [2.75, 3.05) is 13.1 Å². The first-order valence-corrected chi connectivity index (χ1v) is 7.87. The van der Waals surface area contributed by atoms with Crippen LogP contribution < -0.4 is 5.32 Å². The Kier molecular flexibility index (Phi) is 4.52. The first kappa shape index (κ1) is 13.4. The van der Waals surface area contributed by atoms with Gasteiger partial charge in [-0.25, -0.2) is 0 Å². The second-order valence-corrected chi connectivity index (χ2v) is 6.98. The molecule has 2 fully saturated rings. The molecule has 1 nitrogen and oxygen atoms in total. The lowest BCUT2D eigenvalue weighted by Crippen LogP contribution is -2.34. The summed E-state index contributed by atoms with van der Waals surface area (Å²) in [7, 11) is 0. The zero-order valence-corrected chi connectivity index (χ0v) is 12.1. The first-order chi connectivity index (χ1) is 8.17. The molecule has 2 rings (SSSR count). The number of hydrogen-bond acceptors (Lipinski definition) is 1. The first-order valence-electron chi connectivity index (χ1n) is 7.87. The van der Waals surface area contributed by atoms with Gasteiger partial charge in [0, 0.05) is 6.54 Å². The highest BCUT2D eigenvalue weighted by molar-refractivity contribution is 4.93. The topological polar surface area (TPSA) is 12.0 Å². The van der Waals surface area contributed by atoms with Crippen LogP contribution in [-0.4, -0.2) is 13.1 Å². The highest BCUT2D eigenvalue weighted by atomic mass is 14.9. The molecule has 0 saturated heterocycles. The summed E-state index contributed by atoms with van der Waals surface area (Å²) in [4.78, 5) is 0. The van der Waals surface area contributed by atoms with E-state index >= 15 is 0 Å². The Balaban J connectivity index is 1.81. The minimum Gasteiger partial charge on any atom is -0.316 e. The monoisotopic (exact) mass is 237 g/mol. The summed E-state index contributed by atoms with van der Waals surface area (Å²) >= 11 is 0. The van der Waals surface area contributed by atoms with Crippen LogP contribution in [0.1, 0.15) is 65.7 Å². The molecule has 2 saturated carbocycles. The SMILES string of the molecule is CCCNCC(C)(CC)CC1CC2CCC1C2. The zero-order chi connectivity index (χ0) is 12.3. The van der Waals surface area contributed by atoms with E-state index in [1.54, 1.807) is 12.8 Å². The second-order valence-electron chi connectivity index (χ2n) is 6.98.